The van der Waals surface area contributed by atoms with Crippen molar-refractivity contribution in [3.63, 3.8) is 0 Å². The van der Waals surface area contributed by atoms with E-state index in [-0.39, 0.29) is 11.0 Å². The van der Waals surface area contributed by atoms with Crippen molar-refractivity contribution in [2.24, 2.45) is 0 Å². The average Bonchev–Trinajstić information content (AvgIpc) is 2.43. The topological polar surface area (TPSA) is 61.3 Å². The van der Waals surface area contributed by atoms with E-state index in [1.54, 1.807) is 12.3 Å². The highest BCUT2D eigenvalue weighted by molar-refractivity contribution is 9.10. The number of halogens is 1. The number of hydrogen-bond donors (Lipinski definition) is 0. The van der Waals surface area contributed by atoms with Crippen molar-refractivity contribution in [1.82, 2.24) is 9.97 Å². The fourth-order valence-electron chi connectivity index (χ4n) is 1.95. The summed E-state index contributed by atoms with van der Waals surface area (Å²) in [6, 6.07) is 1.78. The fraction of sp³-hybridized carbons (Fsp3) is 0.400. The normalized spacial score (nSPS) is 11.5. The van der Waals surface area contributed by atoms with Gasteiger partial charge in [0.2, 0.25) is 0 Å². The molecule has 2 aromatic rings. The minimum absolute atomic E-state index is 0.172. The molecule has 1 aromatic carbocycles. The van der Waals surface area contributed by atoms with E-state index in [0.717, 1.165) is 5.69 Å². The molecule has 1 heterocycles. The fourth-order valence-corrected chi connectivity index (χ4v) is 2.53. The summed E-state index contributed by atoms with van der Waals surface area (Å²) >= 11 is 3.38. The van der Waals surface area contributed by atoms with Gasteiger partial charge in [-0.05, 0) is 22.0 Å². The van der Waals surface area contributed by atoms with Crippen LogP contribution in [0.4, 0.5) is 0 Å². The highest BCUT2D eigenvalue weighted by atomic mass is 79.9. The summed E-state index contributed by atoms with van der Waals surface area (Å²) in [4.78, 5) is 21.1. The molecule has 6 heteroatoms. The Kier molecular flexibility index (Phi) is 4.18. The van der Waals surface area contributed by atoms with Gasteiger partial charge in [-0.1, -0.05) is 20.8 Å². The molecule has 5 nitrogen and oxygen atoms in total. The van der Waals surface area contributed by atoms with Crippen molar-refractivity contribution in [2.45, 2.75) is 26.2 Å². The summed E-state index contributed by atoms with van der Waals surface area (Å²) in [6.45, 7) is 6.12. The van der Waals surface area contributed by atoms with E-state index in [1.165, 1.54) is 14.2 Å². The Morgan fingerprint density at radius 1 is 1.29 bits per heavy atom. The number of fused-ring (bicyclic) bond motifs is 1. The highest BCUT2D eigenvalue weighted by Gasteiger charge is 2.24. The summed E-state index contributed by atoms with van der Waals surface area (Å²) in [5.74, 6) is -0.104. The Balaban J connectivity index is 2.87. The zero-order valence-corrected chi connectivity index (χ0v) is 14.2. The highest BCUT2D eigenvalue weighted by Crippen LogP contribution is 2.35. The lowest BCUT2D eigenvalue weighted by Crippen LogP contribution is -2.15. The summed E-state index contributed by atoms with van der Waals surface area (Å²) in [7, 11) is 2.83. The number of carbonyl (C=O) groups excluding carboxylic acids is 1. The summed E-state index contributed by atoms with van der Waals surface area (Å²) in [5.41, 5.74) is 1.99. The van der Waals surface area contributed by atoms with Gasteiger partial charge in [0.25, 0.3) is 0 Å². The van der Waals surface area contributed by atoms with Gasteiger partial charge in [-0.25, -0.2) is 9.78 Å². The van der Waals surface area contributed by atoms with Crippen LogP contribution in [0, 0.1) is 0 Å². The number of benzene rings is 1. The second-order valence-corrected chi connectivity index (χ2v) is 6.49. The number of methoxy groups -OCH3 is 2. The van der Waals surface area contributed by atoms with E-state index >= 15 is 0 Å². The lowest BCUT2D eigenvalue weighted by Gasteiger charge is -2.18. The number of hydrogen-bond acceptors (Lipinski definition) is 5. The molecule has 0 fully saturated rings. The first-order valence-electron chi connectivity index (χ1n) is 6.41. The molecule has 1 aromatic heterocycles. The lowest BCUT2D eigenvalue weighted by atomic mass is 9.92. The van der Waals surface area contributed by atoms with Crippen LogP contribution in [0.15, 0.2) is 16.7 Å². The van der Waals surface area contributed by atoms with Gasteiger partial charge < -0.3 is 9.47 Å². The van der Waals surface area contributed by atoms with Crippen molar-refractivity contribution in [1.29, 1.82) is 0 Å². The van der Waals surface area contributed by atoms with E-state index in [4.69, 9.17) is 9.47 Å². The Bertz CT molecular complexity index is 708. The molecule has 112 valence electrons. The van der Waals surface area contributed by atoms with Gasteiger partial charge in [0, 0.05) is 11.6 Å². The quantitative estimate of drug-likeness (QED) is 0.774. The van der Waals surface area contributed by atoms with Gasteiger partial charge in [-0.2, -0.15) is 0 Å². The standard InChI is InChI=1S/C15H17BrN2O3/c1-15(2,3)10-7-17-9-6-8(16)13(20-4)11(12(9)18-10)14(19)21-5/h6-7H,1-5H3. The molecular formula is C15H17BrN2O3. The Morgan fingerprint density at radius 3 is 2.48 bits per heavy atom. The van der Waals surface area contributed by atoms with Crippen molar-refractivity contribution >= 4 is 32.9 Å². The van der Waals surface area contributed by atoms with Crippen molar-refractivity contribution in [3.8, 4) is 5.75 Å². The summed E-state index contributed by atoms with van der Waals surface area (Å²) in [5, 5.41) is 0. The predicted molar refractivity (Wildman–Crippen MR) is 83.8 cm³/mol. The molecule has 0 amide bonds. The minimum atomic E-state index is -0.501. The first-order valence-corrected chi connectivity index (χ1v) is 7.21. The maximum absolute atomic E-state index is 12.1. The Hall–Kier alpha value is -1.69. The third kappa shape index (κ3) is 2.85. The van der Waals surface area contributed by atoms with Crippen LogP contribution in [-0.4, -0.2) is 30.2 Å². The van der Waals surface area contributed by atoms with Gasteiger partial charge in [-0.15, -0.1) is 0 Å². The number of aromatic nitrogens is 2. The second-order valence-electron chi connectivity index (χ2n) is 5.63. The SMILES string of the molecule is COC(=O)c1c(OC)c(Br)cc2ncc(C(C)(C)C)nc12. The zero-order valence-electron chi connectivity index (χ0n) is 12.7. The van der Waals surface area contributed by atoms with Crippen molar-refractivity contribution in [2.75, 3.05) is 14.2 Å². The van der Waals surface area contributed by atoms with Crippen LogP contribution in [0.2, 0.25) is 0 Å². The largest absolute Gasteiger partial charge is 0.495 e. The molecule has 0 radical (unpaired) electrons. The second kappa shape index (κ2) is 5.60. The van der Waals surface area contributed by atoms with Crippen molar-refractivity contribution < 1.29 is 14.3 Å². The maximum Gasteiger partial charge on any atom is 0.344 e. The van der Waals surface area contributed by atoms with E-state index < -0.39 is 5.97 Å². The molecule has 0 aliphatic heterocycles. The average molecular weight is 353 g/mol. The van der Waals surface area contributed by atoms with Gasteiger partial charge in [0.1, 0.15) is 16.8 Å². The Morgan fingerprint density at radius 2 is 1.95 bits per heavy atom. The van der Waals surface area contributed by atoms with E-state index in [0.29, 0.717) is 21.3 Å². The van der Waals surface area contributed by atoms with E-state index in [1.807, 2.05) is 20.8 Å². The van der Waals surface area contributed by atoms with Gasteiger partial charge in [0.05, 0.1) is 29.9 Å². The zero-order chi connectivity index (χ0) is 15.8. The molecule has 0 saturated carbocycles. The van der Waals surface area contributed by atoms with Crippen LogP contribution < -0.4 is 4.74 Å². The van der Waals surface area contributed by atoms with Crippen LogP contribution in [0.25, 0.3) is 11.0 Å². The van der Waals surface area contributed by atoms with Crippen LogP contribution in [0.1, 0.15) is 36.8 Å². The number of nitrogens with zero attached hydrogens (tertiary/aromatic N) is 2. The molecule has 0 unspecified atom stereocenters. The smallest absolute Gasteiger partial charge is 0.344 e. The van der Waals surface area contributed by atoms with E-state index in [9.17, 15) is 4.79 Å². The first-order chi connectivity index (χ1) is 9.79. The maximum atomic E-state index is 12.1. The monoisotopic (exact) mass is 352 g/mol. The van der Waals surface area contributed by atoms with Gasteiger partial charge in [0.15, 0.2) is 0 Å². The molecule has 0 spiro atoms. The predicted octanol–water partition coefficient (Wildman–Crippen LogP) is 3.49. The van der Waals surface area contributed by atoms with Crippen LogP contribution in [0.3, 0.4) is 0 Å². The van der Waals surface area contributed by atoms with Crippen LogP contribution in [-0.2, 0) is 10.2 Å². The third-order valence-corrected chi connectivity index (χ3v) is 3.70. The molecule has 0 atom stereocenters. The number of esters is 1. The van der Waals surface area contributed by atoms with E-state index in [2.05, 4.69) is 25.9 Å². The number of rotatable bonds is 2. The molecule has 21 heavy (non-hydrogen) atoms. The van der Waals surface area contributed by atoms with Crippen molar-refractivity contribution in [3.05, 3.63) is 28.0 Å². The molecule has 0 aliphatic carbocycles. The van der Waals surface area contributed by atoms with Gasteiger partial charge in [-0.3, -0.25) is 4.98 Å². The molecule has 2 rings (SSSR count). The number of ether oxygens (including phenoxy) is 2. The lowest BCUT2D eigenvalue weighted by molar-refractivity contribution is 0.0599. The Labute approximate surface area is 131 Å². The number of carbonyl (C=O) groups is 1. The van der Waals surface area contributed by atoms with Crippen LogP contribution in [0.5, 0.6) is 5.75 Å². The van der Waals surface area contributed by atoms with Crippen LogP contribution >= 0.6 is 15.9 Å². The molecular weight excluding hydrogens is 336 g/mol. The molecule has 0 saturated heterocycles. The molecule has 0 N–H and O–H groups in total. The summed E-state index contributed by atoms with van der Waals surface area (Å²) < 4.78 is 10.8. The molecule has 0 aliphatic rings. The third-order valence-electron chi connectivity index (χ3n) is 3.11. The first kappa shape index (κ1) is 15.7. The summed E-state index contributed by atoms with van der Waals surface area (Å²) in [6.07, 6.45) is 1.72. The van der Waals surface area contributed by atoms with Gasteiger partial charge >= 0.3 is 5.97 Å². The minimum Gasteiger partial charge on any atom is -0.495 e. The molecule has 0 bridgehead atoms.